The van der Waals surface area contributed by atoms with Gasteiger partial charge in [-0.3, -0.25) is 4.79 Å². The molecule has 0 unspecified atom stereocenters. The molecule has 0 atom stereocenters. The lowest BCUT2D eigenvalue weighted by molar-refractivity contribution is 0.0715. The monoisotopic (exact) mass is 493 g/mol. The number of methoxy groups -OCH3 is 1. The molecule has 0 spiro atoms. The van der Waals surface area contributed by atoms with E-state index in [2.05, 4.69) is 42.3 Å². The second-order valence-corrected chi connectivity index (χ2v) is 10.1. The van der Waals surface area contributed by atoms with E-state index in [1.807, 2.05) is 52.0 Å². The van der Waals surface area contributed by atoms with E-state index in [1.165, 1.54) is 10.9 Å². The van der Waals surface area contributed by atoms with Crippen LogP contribution in [-0.2, 0) is 0 Å². The lowest BCUT2D eigenvalue weighted by Gasteiger charge is -2.32. The zero-order valence-electron chi connectivity index (χ0n) is 21.4. The van der Waals surface area contributed by atoms with E-state index in [0.717, 1.165) is 46.4 Å². The minimum Gasteiger partial charge on any atom is -0.497 e. The molecule has 1 saturated heterocycles. The lowest BCUT2D eigenvalue weighted by atomic mass is 9.89. The molecule has 5 aromatic rings. The number of rotatable bonds is 5. The van der Waals surface area contributed by atoms with E-state index in [1.54, 1.807) is 13.3 Å². The Balaban J connectivity index is 1.30. The predicted molar refractivity (Wildman–Crippen MR) is 146 cm³/mol. The Kier molecular flexibility index (Phi) is 5.91. The predicted octanol–water partition coefficient (Wildman–Crippen LogP) is 6.19. The van der Waals surface area contributed by atoms with Gasteiger partial charge < -0.3 is 14.6 Å². The highest BCUT2D eigenvalue weighted by atomic mass is 16.5. The number of hydrogen-bond donors (Lipinski definition) is 1. The molecular weight excluding hydrogens is 462 g/mol. The summed E-state index contributed by atoms with van der Waals surface area (Å²) in [5.74, 6) is 1.30. The SMILES string of the molecule is COc1ccc2[nH]cc(C3CCN(C(=O)c4cc(-c5ccccc5)nc5c4cnn5C(C)C)CC3)c2c1. The normalized spacial score (nSPS) is 14.6. The van der Waals surface area contributed by atoms with Gasteiger partial charge in [-0.05, 0) is 62.4 Å². The van der Waals surface area contributed by atoms with Crippen LogP contribution in [0.5, 0.6) is 5.75 Å². The first kappa shape index (κ1) is 23.3. The van der Waals surface area contributed by atoms with Crippen molar-refractivity contribution in [2.75, 3.05) is 20.2 Å². The number of benzene rings is 2. The van der Waals surface area contributed by atoms with E-state index in [9.17, 15) is 4.79 Å². The van der Waals surface area contributed by atoms with Crippen LogP contribution in [0.3, 0.4) is 0 Å². The third kappa shape index (κ3) is 4.14. The van der Waals surface area contributed by atoms with E-state index < -0.39 is 0 Å². The maximum absolute atomic E-state index is 13.9. The number of fused-ring (bicyclic) bond motifs is 2. The highest BCUT2D eigenvalue weighted by molar-refractivity contribution is 6.06. The standard InChI is InChI=1S/C30H31N5O2/c1-19(2)35-29-26(18-32-35)24(16-28(33-29)21-7-5-4-6-8-21)30(36)34-13-11-20(12-14-34)25-17-31-27-10-9-22(37-3)15-23(25)27/h4-10,15-20,31H,11-14H2,1-3H3. The van der Waals surface area contributed by atoms with Crippen LogP contribution in [0, 0.1) is 0 Å². The first-order valence-electron chi connectivity index (χ1n) is 12.9. The maximum Gasteiger partial charge on any atom is 0.254 e. The van der Waals surface area contributed by atoms with Crippen LogP contribution in [0.25, 0.3) is 33.2 Å². The van der Waals surface area contributed by atoms with Crippen molar-refractivity contribution >= 4 is 27.8 Å². The summed E-state index contributed by atoms with van der Waals surface area (Å²) in [7, 11) is 1.70. The van der Waals surface area contributed by atoms with Crippen LogP contribution in [0.1, 0.15) is 54.6 Å². The number of ether oxygens (including phenoxy) is 1. The topological polar surface area (TPSA) is 76.0 Å². The molecule has 1 aliphatic heterocycles. The quantitative estimate of drug-likeness (QED) is 0.317. The third-order valence-corrected chi connectivity index (χ3v) is 7.50. The summed E-state index contributed by atoms with van der Waals surface area (Å²) < 4.78 is 7.34. The number of piperidine rings is 1. The Morgan fingerprint density at radius 3 is 2.57 bits per heavy atom. The molecule has 4 heterocycles. The largest absolute Gasteiger partial charge is 0.497 e. The molecule has 1 aliphatic rings. The highest BCUT2D eigenvalue weighted by Crippen LogP contribution is 2.36. The molecule has 1 fully saturated rings. The number of aromatic amines is 1. The average Bonchev–Trinajstić information content (AvgIpc) is 3.57. The summed E-state index contributed by atoms with van der Waals surface area (Å²) in [6.07, 6.45) is 5.74. The van der Waals surface area contributed by atoms with Crippen LogP contribution in [0.2, 0.25) is 0 Å². The fourth-order valence-electron chi connectivity index (χ4n) is 5.48. The van der Waals surface area contributed by atoms with Gasteiger partial charge in [0.15, 0.2) is 5.65 Å². The fourth-order valence-corrected chi connectivity index (χ4v) is 5.48. The van der Waals surface area contributed by atoms with Crippen LogP contribution in [0.4, 0.5) is 0 Å². The van der Waals surface area contributed by atoms with E-state index in [4.69, 9.17) is 9.72 Å². The molecule has 0 bridgehead atoms. The van der Waals surface area contributed by atoms with Crippen molar-refractivity contribution in [2.45, 2.75) is 38.6 Å². The zero-order chi connectivity index (χ0) is 25.5. The lowest BCUT2D eigenvalue weighted by Crippen LogP contribution is -2.38. The number of pyridine rings is 1. The Hall–Kier alpha value is -4.13. The molecule has 0 saturated carbocycles. The summed E-state index contributed by atoms with van der Waals surface area (Å²) >= 11 is 0. The minimum absolute atomic E-state index is 0.0481. The van der Waals surface area contributed by atoms with Crippen LogP contribution >= 0.6 is 0 Å². The Morgan fingerprint density at radius 2 is 1.84 bits per heavy atom. The van der Waals surface area contributed by atoms with Gasteiger partial charge in [0.2, 0.25) is 0 Å². The number of aromatic nitrogens is 4. The molecular formula is C30H31N5O2. The molecule has 37 heavy (non-hydrogen) atoms. The summed E-state index contributed by atoms with van der Waals surface area (Å²) in [6.45, 7) is 5.58. The molecule has 0 radical (unpaired) electrons. The first-order chi connectivity index (χ1) is 18.0. The molecule has 2 aromatic carbocycles. The molecule has 1 amide bonds. The van der Waals surface area contributed by atoms with Gasteiger partial charge in [0.05, 0.1) is 30.0 Å². The van der Waals surface area contributed by atoms with Gasteiger partial charge in [-0.15, -0.1) is 0 Å². The van der Waals surface area contributed by atoms with Crippen LogP contribution in [-0.4, -0.2) is 50.8 Å². The van der Waals surface area contributed by atoms with Crippen LogP contribution < -0.4 is 4.74 Å². The van der Waals surface area contributed by atoms with Crippen molar-refractivity contribution in [1.82, 2.24) is 24.6 Å². The number of hydrogen-bond acceptors (Lipinski definition) is 4. The number of likely N-dealkylation sites (tertiary alicyclic amines) is 1. The second kappa shape index (κ2) is 9.39. The molecule has 7 nitrogen and oxygen atoms in total. The van der Waals surface area contributed by atoms with Crippen molar-refractivity contribution < 1.29 is 9.53 Å². The van der Waals surface area contributed by atoms with E-state index >= 15 is 0 Å². The van der Waals surface area contributed by atoms with Gasteiger partial charge in [-0.1, -0.05) is 30.3 Å². The Labute approximate surface area is 216 Å². The number of nitrogens with zero attached hydrogens (tertiary/aromatic N) is 4. The van der Waals surface area contributed by atoms with Crippen molar-refractivity contribution in [3.8, 4) is 17.0 Å². The van der Waals surface area contributed by atoms with E-state index in [-0.39, 0.29) is 11.9 Å². The van der Waals surface area contributed by atoms with Gasteiger partial charge in [-0.25, -0.2) is 9.67 Å². The molecule has 3 aromatic heterocycles. The minimum atomic E-state index is 0.0481. The molecule has 188 valence electrons. The number of amides is 1. The summed E-state index contributed by atoms with van der Waals surface area (Å²) in [5.41, 5.74) is 5.62. The van der Waals surface area contributed by atoms with E-state index in [0.29, 0.717) is 24.6 Å². The first-order valence-corrected chi connectivity index (χ1v) is 12.9. The Morgan fingerprint density at radius 1 is 1.05 bits per heavy atom. The van der Waals surface area contributed by atoms with Crippen molar-refractivity contribution in [1.29, 1.82) is 0 Å². The Bertz CT molecular complexity index is 1580. The third-order valence-electron chi connectivity index (χ3n) is 7.50. The number of nitrogens with one attached hydrogen (secondary N) is 1. The van der Waals surface area contributed by atoms with Crippen molar-refractivity contribution in [2.24, 2.45) is 0 Å². The summed E-state index contributed by atoms with van der Waals surface area (Å²) in [6, 6.07) is 18.2. The average molecular weight is 494 g/mol. The van der Waals surface area contributed by atoms with Gasteiger partial charge in [0.1, 0.15) is 5.75 Å². The van der Waals surface area contributed by atoms with Gasteiger partial charge in [0.25, 0.3) is 5.91 Å². The molecule has 0 aliphatic carbocycles. The van der Waals surface area contributed by atoms with Crippen LogP contribution in [0.15, 0.2) is 67.0 Å². The molecule has 1 N–H and O–H groups in total. The number of H-pyrrole nitrogens is 1. The van der Waals surface area contributed by atoms with Crippen molar-refractivity contribution in [3.05, 3.63) is 78.1 Å². The smallest absolute Gasteiger partial charge is 0.254 e. The van der Waals surface area contributed by atoms with Gasteiger partial charge in [0, 0.05) is 41.8 Å². The summed E-state index contributed by atoms with van der Waals surface area (Å²) in [4.78, 5) is 24.2. The zero-order valence-corrected chi connectivity index (χ0v) is 21.4. The summed E-state index contributed by atoms with van der Waals surface area (Å²) in [5, 5.41) is 6.59. The van der Waals surface area contributed by atoms with Gasteiger partial charge in [-0.2, -0.15) is 5.10 Å². The van der Waals surface area contributed by atoms with Crippen molar-refractivity contribution in [3.63, 3.8) is 0 Å². The van der Waals surface area contributed by atoms with Gasteiger partial charge >= 0.3 is 0 Å². The highest BCUT2D eigenvalue weighted by Gasteiger charge is 2.28. The maximum atomic E-state index is 13.9. The number of carbonyl (C=O) groups excluding carboxylic acids is 1. The number of carbonyl (C=O) groups is 1. The molecule has 6 rings (SSSR count). The second-order valence-electron chi connectivity index (χ2n) is 10.1. The fraction of sp³-hybridized carbons (Fsp3) is 0.300. The molecule has 7 heteroatoms.